The highest BCUT2D eigenvalue weighted by Crippen LogP contribution is 2.32. The SMILES string of the molecule is CC(C(=O)Cl)n1nc(-c2ccccc2)c(-c2ccccc2)c(C#N)c1=O. The van der Waals surface area contributed by atoms with Crippen LogP contribution >= 0.6 is 11.6 Å². The number of hydrogen-bond acceptors (Lipinski definition) is 4. The molecule has 0 bridgehead atoms. The highest BCUT2D eigenvalue weighted by atomic mass is 35.5. The Bertz CT molecular complexity index is 1050. The summed E-state index contributed by atoms with van der Waals surface area (Å²) in [7, 11) is 0. The molecule has 0 N–H and O–H groups in total. The predicted octanol–water partition coefficient (Wildman–Crippen LogP) is 3.78. The fourth-order valence-electron chi connectivity index (χ4n) is 2.69. The van der Waals surface area contributed by atoms with Crippen molar-refractivity contribution in [1.29, 1.82) is 5.26 Å². The van der Waals surface area contributed by atoms with Crippen LogP contribution in [0.4, 0.5) is 0 Å². The second-order valence-corrected chi connectivity index (χ2v) is 6.04. The van der Waals surface area contributed by atoms with Crippen LogP contribution in [0.25, 0.3) is 22.4 Å². The average Bonchev–Trinajstić information content (AvgIpc) is 2.68. The molecule has 3 rings (SSSR count). The zero-order chi connectivity index (χ0) is 18.7. The van der Waals surface area contributed by atoms with E-state index in [4.69, 9.17) is 11.6 Å². The van der Waals surface area contributed by atoms with Gasteiger partial charge in [0.15, 0.2) is 0 Å². The lowest BCUT2D eigenvalue weighted by Gasteiger charge is -2.16. The van der Waals surface area contributed by atoms with Crippen LogP contribution in [0.2, 0.25) is 0 Å². The van der Waals surface area contributed by atoms with E-state index >= 15 is 0 Å². The monoisotopic (exact) mass is 363 g/mol. The van der Waals surface area contributed by atoms with Crippen LogP contribution in [0.3, 0.4) is 0 Å². The molecule has 0 amide bonds. The summed E-state index contributed by atoms with van der Waals surface area (Å²) in [6.45, 7) is 1.47. The van der Waals surface area contributed by atoms with Gasteiger partial charge in [-0.3, -0.25) is 9.59 Å². The third-order valence-electron chi connectivity index (χ3n) is 4.03. The van der Waals surface area contributed by atoms with Crippen LogP contribution in [0.5, 0.6) is 0 Å². The number of hydrogen-bond donors (Lipinski definition) is 0. The van der Waals surface area contributed by atoms with Gasteiger partial charge in [-0.25, -0.2) is 4.68 Å². The van der Waals surface area contributed by atoms with E-state index in [0.717, 1.165) is 10.2 Å². The van der Waals surface area contributed by atoms with Crippen molar-refractivity contribution in [2.75, 3.05) is 0 Å². The number of aromatic nitrogens is 2. The smallest absolute Gasteiger partial charge is 0.279 e. The summed E-state index contributed by atoms with van der Waals surface area (Å²) >= 11 is 5.56. The molecule has 0 aliphatic rings. The van der Waals surface area contributed by atoms with Crippen molar-refractivity contribution in [2.45, 2.75) is 13.0 Å². The third kappa shape index (κ3) is 3.15. The molecule has 0 saturated carbocycles. The molecular formula is C20H14ClN3O2. The molecule has 3 aromatic rings. The number of nitriles is 1. The first kappa shape index (κ1) is 17.6. The van der Waals surface area contributed by atoms with Gasteiger partial charge >= 0.3 is 0 Å². The second kappa shape index (κ2) is 7.34. The van der Waals surface area contributed by atoms with Gasteiger partial charge in [-0.15, -0.1) is 0 Å². The average molecular weight is 364 g/mol. The Hall–Kier alpha value is -3.23. The van der Waals surface area contributed by atoms with Gasteiger partial charge < -0.3 is 0 Å². The molecule has 1 unspecified atom stereocenters. The Labute approximate surface area is 155 Å². The number of benzene rings is 2. The van der Waals surface area contributed by atoms with Crippen LogP contribution in [0.1, 0.15) is 18.5 Å². The lowest BCUT2D eigenvalue weighted by Crippen LogP contribution is -2.31. The highest BCUT2D eigenvalue weighted by molar-refractivity contribution is 6.64. The van der Waals surface area contributed by atoms with Gasteiger partial charge in [0.1, 0.15) is 23.4 Å². The van der Waals surface area contributed by atoms with E-state index in [2.05, 4.69) is 5.10 Å². The molecule has 0 radical (unpaired) electrons. The molecule has 0 aliphatic heterocycles. The molecular weight excluding hydrogens is 350 g/mol. The van der Waals surface area contributed by atoms with Crippen molar-refractivity contribution < 1.29 is 4.79 Å². The number of nitrogens with zero attached hydrogens (tertiary/aromatic N) is 3. The minimum absolute atomic E-state index is 0.0742. The number of rotatable bonds is 4. The Balaban J connectivity index is 2.43. The Morgan fingerprint density at radius 3 is 2.12 bits per heavy atom. The molecule has 0 fully saturated rings. The first-order chi connectivity index (χ1) is 12.5. The minimum Gasteiger partial charge on any atom is -0.279 e. The number of carbonyl (C=O) groups excluding carboxylic acids is 1. The first-order valence-corrected chi connectivity index (χ1v) is 8.29. The summed E-state index contributed by atoms with van der Waals surface area (Å²) in [4.78, 5) is 24.4. The predicted molar refractivity (Wildman–Crippen MR) is 99.7 cm³/mol. The lowest BCUT2D eigenvalue weighted by atomic mass is 9.96. The normalized spacial score (nSPS) is 11.6. The van der Waals surface area contributed by atoms with E-state index in [-0.39, 0.29) is 5.56 Å². The van der Waals surface area contributed by atoms with E-state index in [0.29, 0.717) is 16.8 Å². The number of carbonyl (C=O) groups is 1. The summed E-state index contributed by atoms with van der Waals surface area (Å²) in [5.41, 5.74) is 1.59. The summed E-state index contributed by atoms with van der Waals surface area (Å²) in [6.07, 6.45) is 0. The quantitative estimate of drug-likeness (QED) is 0.661. The molecule has 1 atom stereocenters. The maximum absolute atomic E-state index is 12.8. The topological polar surface area (TPSA) is 75.8 Å². The van der Waals surface area contributed by atoms with E-state index < -0.39 is 16.8 Å². The second-order valence-electron chi connectivity index (χ2n) is 5.67. The van der Waals surface area contributed by atoms with Crippen molar-refractivity contribution in [3.05, 3.63) is 76.6 Å². The summed E-state index contributed by atoms with van der Waals surface area (Å²) in [6, 6.07) is 19.3. The maximum atomic E-state index is 12.8. The lowest BCUT2D eigenvalue weighted by molar-refractivity contribution is -0.114. The van der Waals surface area contributed by atoms with Crippen LogP contribution in [-0.2, 0) is 4.79 Å². The molecule has 1 aromatic heterocycles. The highest BCUT2D eigenvalue weighted by Gasteiger charge is 2.24. The van der Waals surface area contributed by atoms with Crippen LogP contribution in [-0.4, -0.2) is 15.0 Å². The largest absolute Gasteiger partial charge is 0.286 e. The van der Waals surface area contributed by atoms with Gasteiger partial charge in [-0.2, -0.15) is 10.4 Å². The van der Waals surface area contributed by atoms with Gasteiger partial charge in [-0.1, -0.05) is 60.7 Å². The van der Waals surface area contributed by atoms with Crippen molar-refractivity contribution in [1.82, 2.24) is 9.78 Å². The molecule has 2 aromatic carbocycles. The summed E-state index contributed by atoms with van der Waals surface area (Å²) < 4.78 is 0.975. The van der Waals surface area contributed by atoms with Crippen LogP contribution in [0, 0.1) is 11.3 Å². The summed E-state index contributed by atoms with van der Waals surface area (Å²) in [5.74, 6) is 0. The molecule has 6 heteroatoms. The van der Waals surface area contributed by atoms with Gasteiger partial charge in [0.25, 0.3) is 5.56 Å². The van der Waals surface area contributed by atoms with E-state index in [1.165, 1.54) is 6.92 Å². The molecule has 128 valence electrons. The van der Waals surface area contributed by atoms with Gasteiger partial charge in [0.2, 0.25) is 5.24 Å². The Morgan fingerprint density at radius 2 is 1.62 bits per heavy atom. The zero-order valence-electron chi connectivity index (χ0n) is 13.9. The fraction of sp³-hybridized carbons (Fsp3) is 0.100. The molecule has 0 saturated heterocycles. The number of halogens is 1. The molecule has 1 heterocycles. The van der Waals surface area contributed by atoms with Crippen molar-refractivity contribution >= 4 is 16.8 Å². The standard InChI is InChI=1S/C20H14ClN3O2/c1-13(19(21)25)24-20(26)16(12-22)17(14-8-4-2-5-9-14)18(23-24)15-10-6-3-7-11-15/h2-11,13H,1H3. The minimum atomic E-state index is -0.983. The summed E-state index contributed by atoms with van der Waals surface area (Å²) in [5, 5.41) is 13.3. The first-order valence-electron chi connectivity index (χ1n) is 7.91. The maximum Gasteiger partial charge on any atom is 0.286 e. The molecule has 26 heavy (non-hydrogen) atoms. The Morgan fingerprint density at radius 1 is 1.08 bits per heavy atom. The molecule has 0 aliphatic carbocycles. The van der Waals surface area contributed by atoms with Crippen molar-refractivity contribution in [3.8, 4) is 28.5 Å². The van der Waals surface area contributed by atoms with Gasteiger partial charge in [-0.05, 0) is 24.1 Å². The van der Waals surface area contributed by atoms with Gasteiger partial charge in [0.05, 0.1) is 0 Å². The van der Waals surface area contributed by atoms with Crippen LogP contribution < -0.4 is 5.56 Å². The Kier molecular flexibility index (Phi) is 4.97. The van der Waals surface area contributed by atoms with Crippen LogP contribution in [0.15, 0.2) is 65.5 Å². The molecule has 5 nitrogen and oxygen atoms in total. The van der Waals surface area contributed by atoms with Gasteiger partial charge in [0, 0.05) is 11.1 Å². The van der Waals surface area contributed by atoms with E-state index in [9.17, 15) is 14.9 Å². The fourth-order valence-corrected chi connectivity index (χ4v) is 2.78. The van der Waals surface area contributed by atoms with E-state index in [1.807, 2.05) is 66.7 Å². The third-order valence-corrected chi connectivity index (χ3v) is 4.35. The zero-order valence-corrected chi connectivity index (χ0v) is 14.6. The molecule has 0 spiro atoms. The van der Waals surface area contributed by atoms with E-state index in [1.54, 1.807) is 0 Å². The van der Waals surface area contributed by atoms with Crippen molar-refractivity contribution in [3.63, 3.8) is 0 Å². The van der Waals surface area contributed by atoms with Crippen molar-refractivity contribution in [2.24, 2.45) is 0 Å².